The molecule has 1 aromatic rings. The summed E-state index contributed by atoms with van der Waals surface area (Å²) < 4.78 is 36.5. The Kier molecular flexibility index (Phi) is 4.32. The van der Waals surface area contributed by atoms with Crippen LogP contribution in [-0.2, 0) is 20.6 Å². The number of nitrogens with zero attached hydrogens (tertiary/aromatic N) is 1. The number of piperidine rings is 1. The first-order valence-electron chi connectivity index (χ1n) is 5.75. The number of methoxy groups -OCH3 is 1. The van der Waals surface area contributed by atoms with E-state index >= 15 is 0 Å². The van der Waals surface area contributed by atoms with Gasteiger partial charge in [0.1, 0.15) is 5.76 Å². The molecule has 0 amide bonds. The van der Waals surface area contributed by atoms with Crippen molar-refractivity contribution in [3.8, 4) is 0 Å². The summed E-state index contributed by atoms with van der Waals surface area (Å²) in [6.45, 7) is 0.870. The minimum atomic E-state index is -3.57. The molecule has 1 aliphatic rings. The number of hydrogen-bond donors (Lipinski definition) is 0. The Morgan fingerprint density at radius 1 is 1.56 bits per heavy atom. The average molecular weight is 294 g/mol. The Balaban J connectivity index is 2.19. The van der Waals surface area contributed by atoms with E-state index < -0.39 is 10.0 Å². The van der Waals surface area contributed by atoms with E-state index in [1.807, 2.05) is 0 Å². The van der Waals surface area contributed by atoms with Gasteiger partial charge in [0.2, 0.25) is 5.09 Å². The smallest absolute Gasteiger partial charge is 0.276 e. The molecule has 1 fully saturated rings. The molecular weight excluding hydrogens is 278 g/mol. The lowest BCUT2D eigenvalue weighted by Gasteiger charge is -2.30. The summed E-state index contributed by atoms with van der Waals surface area (Å²) in [6.07, 6.45) is 1.63. The second-order valence-electron chi connectivity index (χ2n) is 4.22. The van der Waals surface area contributed by atoms with Crippen LogP contribution in [0.15, 0.2) is 21.6 Å². The normalized spacial score (nSPS) is 22.2. The summed E-state index contributed by atoms with van der Waals surface area (Å²) in [5, 5.41) is -0.0464. The lowest BCUT2D eigenvalue weighted by molar-refractivity contribution is 0.0567. The number of hydrogen-bond acceptors (Lipinski definition) is 4. The SMILES string of the molecule is COC1CCCN(S(=O)(=O)c2ccc(CCl)o2)C1. The monoisotopic (exact) mass is 293 g/mol. The number of alkyl halides is 1. The van der Waals surface area contributed by atoms with Crippen LogP contribution in [0.1, 0.15) is 18.6 Å². The Hall–Kier alpha value is -0.560. The highest BCUT2D eigenvalue weighted by molar-refractivity contribution is 7.89. The van der Waals surface area contributed by atoms with Gasteiger partial charge in [-0.05, 0) is 25.0 Å². The zero-order valence-electron chi connectivity index (χ0n) is 10.1. The fraction of sp³-hybridized carbons (Fsp3) is 0.636. The van der Waals surface area contributed by atoms with Crippen molar-refractivity contribution in [1.29, 1.82) is 0 Å². The van der Waals surface area contributed by atoms with E-state index in [4.69, 9.17) is 20.8 Å². The van der Waals surface area contributed by atoms with Crippen LogP contribution >= 0.6 is 11.6 Å². The topological polar surface area (TPSA) is 59.8 Å². The molecule has 1 saturated heterocycles. The van der Waals surface area contributed by atoms with Gasteiger partial charge < -0.3 is 9.15 Å². The van der Waals surface area contributed by atoms with Crippen molar-refractivity contribution in [2.75, 3.05) is 20.2 Å². The molecule has 0 spiro atoms. The Morgan fingerprint density at radius 3 is 2.94 bits per heavy atom. The predicted molar refractivity (Wildman–Crippen MR) is 67.1 cm³/mol. The third kappa shape index (κ3) is 2.71. The summed E-state index contributed by atoms with van der Waals surface area (Å²) in [5.74, 6) is 0.617. The summed E-state index contributed by atoms with van der Waals surface area (Å²) in [6, 6.07) is 3.03. The fourth-order valence-corrected chi connectivity index (χ4v) is 3.59. The molecule has 0 aromatic carbocycles. The first-order valence-corrected chi connectivity index (χ1v) is 7.73. The third-order valence-electron chi connectivity index (χ3n) is 3.04. The molecule has 1 atom stereocenters. The molecule has 0 aliphatic carbocycles. The van der Waals surface area contributed by atoms with Gasteiger partial charge in [0, 0.05) is 20.2 Å². The van der Waals surface area contributed by atoms with E-state index in [9.17, 15) is 8.42 Å². The van der Waals surface area contributed by atoms with Crippen molar-refractivity contribution in [2.45, 2.75) is 29.9 Å². The molecule has 2 rings (SSSR count). The van der Waals surface area contributed by atoms with Crippen LogP contribution in [0.5, 0.6) is 0 Å². The van der Waals surface area contributed by atoms with Crippen LogP contribution in [0.3, 0.4) is 0 Å². The standard InChI is InChI=1S/C11H16ClNO4S/c1-16-10-3-2-6-13(8-10)18(14,15)11-5-4-9(7-12)17-11/h4-5,10H,2-3,6-8H2,1H3. The Labute approximate surface area is 112 Å². The molecule has 18 heavy (non-hydrogen) atoms. The summed E-state index contributed by atoms with van der Waals surface area (Å²) in [7, 11) is -1.97. The van der Waals surface area contributed by atoms with Crippen LogP contribution in [0, 0.1) is 0 Å². The lowest BCUT2D eigenvalue weighted by atomic mass is 10.1. The maximum Gasteiger partial charge on any atom is 0.276 e. The molecule has 1 unspecified atom stereocenters. The van der Waals surface area contributed by atoms with E-state index in [1.165, 1.54) is 10.4 Å². The first-order chi connectivity index (χ1) is 8.57. The van der Waals surface area contributed by atoms with E-state index in [0.717, 1.165) is 12.8 Å². The number of sulfonamides is 1. The zero-order chi connectivity index (χ0) is 13.2. The van der Waals surface area contributed by atoms with E-state index in [1.54, 1.807) is 13.2 Å². The molecule has 102 valence electrons. The van der Waals surface area contributed by atoms with Gasteiger partial charge in [-0.25, -0.2) is 8.42 Å². The van der Waals surface area contributed by atoms with Crippen molar-refractivity contribution >= 4 is 21.6 Å². The minimum Gasteiger partial charge on any atom is -0.447 e. The largest absolute Gasteiger partial charge is 0.447 e. The van der Waals surface area contributed by atoms with Crippen LogP contribution < -0.4 is 0 Å². The van der Waals surface area contributed by atoms with Crippen molar-refractivity contribution in [3.05, 3.63) is 17.9 Å². The van der Waals surface area contributed by atoms with Crippen LogP contribution in [0.4, 0.5) is 0 Å². The van der Waals surface area contributed by atoms with Crippen molar-refractivity contribution in [1.82, 2.24) is 4.31 Å². The van der Waals surface area contributed by atoms with Crippen LogP contribution in [0.25, 0.3) is 0 Å². The minimum absolute atomic E-state index is 0.0454. The lowest BCUT2D eigenvalue weighted by Crippen LogP contribution is -2.42. The van der Waals surface area contributed by atoms with E-state index in [0.29, 0.717) is 18.8 Å². The third-order valence-corrected chi connectivity index (χ3v) is 5.04. The van der Waals surface area contributed by atoms with Crippen molar-refractivity contribution in [3.63, 3.8) is 0 Å². The molecule has 0 saturated carbocycles. The van der Waals surface area contributed by atoms with Crippen LogP contribution in [-0.4, -0.2) is 39.0 Å². The van der Waals surface area contributed by atoms with Crippen molar-refractivity contribution < 1.29 is 17.6 Å². The van der Waals surface area contributed by atoms with Gasteiger partial charge in [0.05, 0.1) is 12.0 Å². The number of rotatable bonds is 4. The van der Waals surface area contributed by atoms with Gasteiger partial charge in [-0.2, -0.15) is 4.31 Å². The quantitative estimate of drug-likeness (QED) is 0.795. The number of halogens is 1. The molecule has 1 aliphatic heterocycles. The van der Waals surface area contributed by atoms with Gasteiger partial charge in [-0.3, -0.25) is 0 Å². The molecule has 5 nitrogen and oxygen atoms in total. The molecule has 0 N–H and O–H groups in total. The second-order valence-corrected chi connectivity index (χ2v) is 6.35. The van der Waals surface area contributed by atoms with Gasteiger partial charge in [0.15, 0.2) is 0 Å². The number of ether oxygens (including phenoxy) is 1. The highest BCUT2D eigenvalue weighted by atomic mass is 35.5. The maximum atomic E-state index is 12.3. The van der Waals surface area contributed by atoms with Crippen LogP contribution in [0.2, 0.25) is 0 Å². The predicted octanol–water partition coefficient (Wildman–Crippen LogP) is 1.82. The first kappa shape index (κ1) is 13.9. The molecule has 2 heterocycles. The van der Waals surface area contributed by atoms with Gasteiger partial charge in [0.25, 0.3) is 10.0 Å². The van der Waals surface area contributed by atoms with E-state index in [2.05, 4.69) is 0 Å². The van der Waals surface area contributed by atoms with Gasteiger partial charge >= 0.3 is 0 Å². The number of furan rings is 1. The van der Waals surface area contributed by atoms with Crippen molar-refractivity contribution in [2.24, 2.45) is 0 Å². The molecule has 7 heteroatoms. The molecule has 0 bridgehead atoms. The summed E-state index contributed by atoms with van der Waals surface area (Å²) in [5.41, 5.74) is 0. The zero-order valence-corrected chi connectivity index (χ0v) is 11.7. The summed E-state index contributed by atoms with van der Waals surface area (Å²) >= 11 is 5.60. The fourth-order valence-electron chi connectivity index (χ4n) is 2.01. The highest BCUT2D eigenvalue weighted by Gasteiger charge is 2.32. The Morgan fingerprint density at radius 2 is 2.33 bits per heavy atom. The molecule has 1 aromatic heterocycles. The maximum absolute atomic E-state index is 12.3. The average Bonchev–Trinajstić information content (AvgIpc) is 2.88. The Bertz CT molecular complexity index is 499. The highest BCUT2D eigenvalue weighted by Crippen LogP contribution is 2.23. The van der Waals surface area contributed by atoms with Gasteiger partial charge in [-0.1, -0.05) is 0 Å². The second kappa shape index (κ2) is 5.61. The molecule has 0 radical (unpaired) electrons. The van der Waals surface area contributed by atoms with Gasteiger partial charge in [-0.15, -0.1) is 11.6 Å². The van der Waals surface area contributed by atoms with E-state index in [-0.39, 0.29) is 17.1 Å². The summed E-state index contributed by atoms with van der Waals surface area (Å²) in [4.78, 5) is 0. The molecular formula is C11H16ClNO4S.